The molecule has 1 aliphatic carbocycles. The molecular formula is C15H27N. The molecule has 2 aliphatic rings. The van der Waals surface area contributed by atoms with Crippen LogP contribution in [0.4, 0.5) is 0 Å². The molecule has 0 fully saturated rings. The Labute approximate surface area is 101 Å². The fraction of sp³-hybridized carbons (Fsp3) is 0.733. The summed E-state index contributed by atoms with van der Waals surface area (Å²) in [5, 5.41) is 0. The summed E-state index contributed by atoms with van der Waals surface area (Å²) >= 11 is 0. The molecule has 0 aromatic carbocycles. The maximum Gasteiger partial charge on any atom is 0.0370 e. The molecule has 16 heavy (non-hydrogen) atoms. The maximum absolute atomic E-state index is 2.35. The van der Waals surface area contributed by atoms with Crippen molar-refractivity contribution < 1.29 is 0 Å². The van der Waals surface area contributed by atoms with Crippen molar-refractivity contribution in [3.05, 3.63) is 24.4 Å². The summed E-state index contributed by atoms with van der Waals surface area (Å²) in [7, 11) is 0. The Balaban J connectivity index is 0.000000165. The van der Waals surface area contributed by atoms with Crippen LogP contribution in [0.5, 0.6) is 0 Å². The summed E-state index contributed by atoms with van der Waals surface area (Å²) < 4.78 is 0. The zero-order chi connectivity index (χ0) is 12.0. The first-order valence-electron chi connectivity index (χ1n) is 6.67. The van der Waals surface area contributed by atoms with E-state index in [1.54, 1.807) is 0 Å². The van der Waals surface area contributed by atoms with E-state index in [1.807, 2.05) is 0 Å². The molecule has 2 rings (SSSR count). The van der Waals surface area contributed by atoms with Gasteiger partial charge in [0, 0.05) is 13.1 Å². The monoisotopic (exact) mass is 221 g/mol. The normalized spacial score (nSPS) is 21.6. The standard InChI is InChI=1S/C8H15N.C7H12/c1-8(2)4-7-9-5-3-6-9;1-6(2)7-4-3-5-7/h3,5,8H,4,6-7H2,1-2H3;3-4,6-7H,5H2,1-2H3. The fourth-order valence-corrected chi connectivity index (χ4v) is 1.63. The number of rotatable bonds is 4. The molecule has 0 aromatic rings. The second-order valence-electron chi connectivity index (χ2n) is 5.63. The molecule has 1 aliphatic heterocycles. The molecule has 0 saturated carbocycles. The molecule has 0 aromatic heterocycles. The molecule has 1 heteroatoms. The van der Waals surface area contributed by atoms with Gasteiger partial charge in [0.2, 0.25) is 0 Å². The number of hydrogen-bond acceptors (Lipinski definition) is 1. The molecule has 1 unspecified atom stereocenters. The maximum atomic E-state index is 2.35. The van der Waals surface area contributed by atoms with Crippen LogP contribution in [-0.2, 0) is 0 Å². The molecule has 0 spiro atoms. The lowest BCUT2D eigenvalue weighted by molar-refractivity contribution is 0.344. The molecule has 0 bridgehead atoms. The van der Waals surface area contributed by atoms with Gasteiger partial charge < -0.3 is 4.90 Å². The third kappa shape index (κ3) is 4.87. The Hall–Kier alpha value is -0.720. The highest BCUT2D eigenvalue weighted by molar-refractivity contribution is 5.02. The smallest absolute Gasteiger partial charge is 0.0370 e. The Bertz CT molecular complexity index is 238. The molecule has 0 saturated heterocycles. The van der Waals surface area contributed by atoms with Crippen molar-refractivity contribution in [3.63, 3.8) is 0 Å². The van der Waals surface area contributed by atoms with E-state index in [0.29, 0.717) is 0 Å². The Morgan fingerprint density at radius 1 is 1.19 bits per heavy atom. The van der Waals surface area contributed by atoms with Crippen molar-refractivity contribution in [3.8, 4) is 0 Å². The highest BCUT2D eigenvalue weighted by Crippen LogP contribution is 2.24. The van der Waals surface area contributed by atoms with Gasteiger partial charge >= 0.3 is 0 Å². The Morgan fingerprint density at radius 2 is 1.81 bits per heavy atom. The quantitative estimate of drug-likeness (QED) is 0.647. The lowest BCUT2D eigenvalue weighted by Gasteiger charge is -2.25. The van der Waals surface area contributed by atoms with Gasteiger partial charge in [-0.15, -0.1) is 0 Å². The first-order chi connectivity index (χ1) is 7.59. The van der Waals surface area contributed by atoms with Gasteiger partial charge in [-0.05, 0) is 42.9 Å². The van der Waals surface area contributed by atoms with E-state index in [-0.39, 0.29) is 0 Å². The predicted molar refractivity (Wildman–Crippen MR) is 72.3 cm³/mol. The van der Waals surface area contributed by atoms with E-state index in [9.17, 15) is 0 Å². The van der Waals surface area contributed by atoms with Crippen LogP contribution >= 0.6 is 0 Å². The Morgan fingerprint density at radius 3 is 2.00 bits per heavy atom. The van der Waals surface area contributed by atoms with Crippen LogP contribution in [0.15, 0.2) is 24.4 Å². The third-order valence-corrected chi connectivity index (χ3v) is 3.30. The summed E-state index contributed by atoms with van der Waals surface area (Å²) in [4.78, 5) is 2.35. The van der Waals surface area contributed by atoms with Crippen LogP contribution in [-0.4, -0.2) is 18.0 Å². The van der Waals surface area contributed by atoms with E-state index in [1.165, 1.54) is 25.9 Å². The minimum absolute atomic E-state index is 0.846. The van der Waals surface area contributed by atoms with Crippen molar-refractivity contribution in [1.82, 2.24) is 4.90 Å². The fourth-order valence-electron chi connectivity index (χ4n) is 1.63. The van der Waals surface area contributed by atoms with Crippen LogP contribution in [0.2, 0.25) is 0 Å². The summed E-state index contributed by atoms with van der Waals surface area (Å²) in [5.74, 6) is 2.61. The van der Waals surface area contributed by atoms with Gasteiger partial charge in [-0.1, -0.05) is 39.8 Å². The van der Waals surface area contributed by atoms with Gasteiger partial charge in [0.1, 0.15) is 0 Å². The molecule has 1 heterocycles. The summed E-state index contributed by atoms with van der Waals surface area (Å²) in [6.45, 7) is 11.5. The van der Waals surface area contributed by atoms with Crippen molar-refractivity contribution in [2.24, 2.45) is 17.8 Å². The summed E-state index contributed by atoms with van der Waals surface area (Å²) in [6.07, 6.45) is 11.5. The summed E-state index contributed by atoms with van der Waals surface area (Å²) in [5.41, 5.74) is 0. The molecule has 1 atom stereocenters. The lowest BCUT2D eigenvalue weighted by Crippen LogP contribution is -2.26. The van der Waals surface area contributed by atoms with Gasteiger partial charge in [-0.2, -0.15) is 0 Å². The predicted octanol–water partition coefficient (Wildman–Crippen LogP) is 4.08. The molecule has 0 N–H and O–H groups in total. The molecule has 1 nitrogen and oxygen atoms in total. The van der Waals surface area contributed by atoms with Gasteiger partial charge in [-0.3, -0.25) is 0 Å². The van der Waals surface area contributed by atoms with Crippen molar-refractivity contribution >= 4 is 0 Å². The van der Waals surface area contributed by atoms with E-state index in [2.05, 4.69) is 57.0 Å². The van der Waals surface area contributed by atoms with Gasteiger partial charge in [0.15, 0.2) is 0 Å². The molecular weight excluding hydrogens is 194 g/mol. The van der Waals surface area contributed by atoms with Gasteiger partial charge in [0.25, 0.3) is 0 Å². The minimum Gasteiger partial charge on any atom is -0.374 e. The largest absolute Gasteiger partial charge is 0.374 e. The number of nitrogens with zero attached hydrogens (tertiary/aromatic N) is 1. The Kier molecular flexibility index (Phi) is 5.65. The van der Waals surface area contributed by atoms with Gasteiger partial charge in [-0.25, -0.2) is 0 Å². The van der Waals surface area contributed by atoms with E-state index < -0.39 is 0 Å². The van der Waals surface area contributed by atoms with Crippen LogP contribution in [0.3, 0.4) is 0 Å². The van der Waals surface area contributed by atoms with Crippen LogP contribution < -0.4 is 0 Å². The first-order valence-corrected chi connectivity index (χ1v) is 6.67. The zero-order valence-electron chi connectivity index (χ0n) is 11.3. The highest BCUT2D eigenvalue weighted by atomic mass is 15.1. The average Bonchev–Trinajstić information content (AvgIpc) is 1.96. The van der Waals surface area contributed by atoms with Gasteiger partial charge in [0.05, 0.1) is 0 Å². The van der Waals surface area contributed by atoms with Crippen LogP contribution in [0.1, 0.15) is 40.5 Å². The molecule has 92 valence electrons. The SMILES string of the molecule is CC(C)C1C=CC1.CC(C)CCN1C=CC1. The van der Waals surface area contributed by atoms with E-state index >= 15 is 0 Å². The third-order valence-electron chi connectivity index (χ3n) is 3.30. The average molecular weight is 221 g/mol. The van der Waals surface area contributed by atoms with Crippen molar-refractivity contribution in [2.45, 2.75) is 40.5 Å². The summed E-state index contributed by atoms with van der Waals surface area (Å²) in [6, 6.07) is 0. The van der Waals surface area contributed by atoms with Crippen LogP contribution in [0.25, 0.3) is 0 Å². The molecule has 0 radical (unpaired) electrons. The zero-order valence-corrected chi connectivity index (χ0v) is 11.3. The topological polar surface area (TPSA) is 3.24 Å². The first kappa shape index (κ1) is 13.3. The second kappa shape index (κ2) is 6.78. The second-order valence-corrected chi connectivity index (χ2v) is 5.63. The number of hydrogen-bond donors (Lipinski definition) is 0. The minimum atomic E-state index is 0.846. The van der Waals surface area contributed by atoms with E-state index in [4.69, 9.17) is 0 Å². The van der Waals surface area contributed by atoms with Crippen molar-refractivity contribution in [2.75, 3.05) is 13.1 Å². The lowest BCUT2D eigenvalue weighted by atomic mass is 9.85. The van der Waals surface area contributed by atoms with Crippen molar-refractivity contribution in [1.29, 1.82) is 0 Å². The molecule has 0 amide bonds. The van der Waals surface area contributed by atoms with E-state index in [0.717, 1.165) is 17.8 Å². The highest BCUT2D eigenvalue weighted by Gasteiger charge is 2.12. The number of allylic oxidation sites excluding steroid dienone is 2. The van der Waals surface area contributed by atoms with Crippen LogP contribution in [0, 0.1) is 17.8 Å².